The zero-order valence-corrected chi connectivity index (χ0v) is 22.4. The monoisotopic (exact) mass is 603 g/mol. The van der Waals surface area contributed by atoms with E-state index in [1.807, 2.05) is 0 Å². The van der Waals surface area contributed by atoms with Crippen molar-refractivity contribution in [1.29, 1.82) is 0 Å². The van der Waals surface area contributed by atoms with Gasteiger partial charge in [-0.05, 0) is 89.6 Å². The number of esters is 1. The lowest BCUT2D eigenvalue weighted by Crippen LogP contribution is -2.34. The van der Waals surface area contributed by atoms with Gasteiger partial charge in [0.2, 0.25) is 0 Å². The molecule has 2 aromatic rings. The van der Waals surface area contributed by atoms with Crippen LogP contribution < -0.4 is 8.92 Å². The van der Waals surface area contributed by atoms with Crippen LogP contribution in [0.1, 0.15) is 19.4 Å². The summed E-state index contributed by atoms with van der Waals surface area (Å²) < 4.78 is 41.4. The van der Waals surface area contributed by atoms with Crippen LogP contribution in [-0.4, -0.2) is 50.2 Å². The van der Waals surface area contributed by atoms with Crippen LogP contribution in [0.4, 0.5) is 4.79 Å². The maximum absolute atomic E-state index is 12.8. The largest absolute Gasteiger partial charge is 0.490 e. The SMILES string of the molecule is CCOC(=O)CN1C(=O)S/C(=C\c2cc(Br)c(OS(=O)(=O)c3ccc(Cl)cc3)c(OCC)c2)C1=O. The molecule has 13 heteroatoms. The summed E-state index contributed by atoms with van der Waals surface area (Å²) in [7, 11) is -4.21. The molecule has 0 aliphatic carbocycles. The first-order valence-electron chi connectivity index (χ1n) is 10.1. The van der Waals surface area contributed by atoms with Crippen molar-refractivity contribution in [3.63, 3.8) is 0 Å². The summed E-state index contributed by atoms with van der Waals surface area (Å²) in [6, 6.07) is 8.46. The number of rotatable bonds is 9. The van der Waals surface area contributed by atoms with E-state index >= 15 is 0 Å². The number of amides is 2. The van der Waals surface area contributed by atoms with Gasteiger partial charge in [-0.3, -0.25) is 19.3 Å². The second kappa shape index (κ2) is 11.5. The maximum atomic E-state index is 12.8. The van der Waals surface area contributed by atoms with Crippen molar-refractivity contribution in [1.82, 2.24) is 4.90 Å². The van der Waals surface area contributed by atoms with E-state index in [4.69, 9.17) is 25.3 Å². The van der Waals surface area contributed by atoms with E-state index in [1.54, 1.807) is 13.8 Å². The summed E-state index contributed by atoms with van der Waals surface area (Å²) in [5.41, 5.74) is 0.429. The van der Waals surface area contributed by atoms with E-state index in [9.17, 15) is 22.8 Å². The molecule has 0 atom stereocenters. The number of carbonyl (C=O) groups excluding carboxylic acids is 3. The predicted octanol–water partition coefficient (Wildman–Crippen LogP) is 4.87. The fraction of sp³-hybridized carbons (Fsp3) is 0.227. The first-order valence-corrected chi connectivity index (χ1v) is 13.5. The lowest BCUT2D eigenvalue weighted by molar-refractivity contribution is -0.145. The van der Waals surface area contributed by atoms with Gasteiger partial charge in [0.1, 0.15) is 11.4 Å². The number of imide groups is 1. The number of hydrogen-bond acceptors (Lipinski definition) is 9. The third-order valence-corrected chi connectivity index (χ3v) is 7.37. The summed E-state index contributed by atoms with van der Waals surface area (Å²) in [6.45, 7) is 3.16. The zero-order chi connectivity index (χ0) is 25.8. The number of hydrogen-bond donors (Lipinski definition) is 0. The van der Waals surface area contributed by atoms with Crippen LogP contribution in [0.5, 0.6) is 11.5 Å². The molecule has 1 heterocycles. The van der Waals surface area contributed by atoms with E-state index in [2.05, 4.69) is 15.9 Å². The van der Waals surface area contributed by atoms with Crippen LogP contribution in [0, 0.1) is 0 Å². The molecular formula is C22H19BrClNO8S2. The third-order valence-electron chi connectivity index (χ3n) is 4.39. The van der Waals surface area contributed by atoms with Gasteiger partial charge in [-0.2, -0.15) is 8.42 Å². The first-order chi connectivity index (χ1) is 16.6. The van der Waals surface area contributed by atoms with Gasteiger partial charge >= 0.3 is 16.1 Å². The van der Waals surface area contributed by atoms with Gasteiger partial charge in [0, 0.05) is 5.02 Å². The molecule has 3 rings (SSSR count). The van der Waals surface area contributed by atoms with E-state index in [-0.39, 0.29) is 39.0 Å². The Hall–Kier alpha value is -2.54. The number of ether oxygens (including phenoxy) is 2. The van der Waals surface area contributed by atoms with Gasteiger partial charge in [0.05, 0.1) is 22.6 Å². The van der Waals surface area contributed by atoms with E-state index in [0.29, 0.717) is 22.3 Å². The summed E-state index contributed by atoms with van der Waals surface area (Å²) in [4.78, 5) is 37.3. The van der Waals surface area contributed by atoms with Crippen LogP contribution in [0.25, 0.3) is 6.08 Å². The van der Waals surface area contributed by atoms with Crippen molar-refractivity contribution in [2.24, 2.45) is 0 Å². The third kappa shape index (κ3) is 6.57. The molecule has 1 fully saturated rings. The van der Waals surface area contributed by atoms with E-state index < -0.39 is 33.8 Å². The molecule has 35 heavy (non-hydrogen) atoms. The Labute approximate surface area is 219 Å². The lowest BCUT2D eigenvalue weighted by atomic mass is 10.2. The minimum absolute atomic E-state index is 0.0797. The maximum Gasteiger partial charge on any atom is 0.339 e. The smallest absolute Gasteiger partial charge is 0.339 e. The average Bonchev–Trinajstić information content (AvgIpc) is 3.04. The Morgan fingerprint density at radius 2 is 1.83 bits per heavy atom. The lowest BCUT2D eigenvalue weighted by Gasteiger charge is -2.15. The number of thioether (sulfide) groups is 1. The number of nitrogens with zero attached hydrogens (tertiary/aromatic N) is 1. The van der Waals surface area contributed by atoms with Crippen LogP contribution in [0.3, 0.4) is 0 Å². The van der Waals surface area contributed by atoms with Crippen molar-refractivity contribution >= 4 is 72.6 Å². The quantitative estimate of drug-likeness (QED) is 0.225. The average molecular weight is 605 g/mol. The number of benzene rings is 2. The first kappa shape index (κ1) is 27.1. The van der Waals surface area contributed by atoms with Gasteiger partial charge < -0.3 is 13.7 Å². The highest BCUT2D eigenvalue weighted by atomic mass is 79.9. The second-order valence-corrected chi connectivity index (χ2v) is 10.7. The Bertz CT molecular complexity index is 1300. The van der Waals surface area contributed by atoms with Gasteiger partial charge in [0.15, 0.2) is 11.5 Å². The van der Waals surface area contributed by atoms with E-state index in [0.717, 1.165) is 4.90 Å². The van der Waals surface area contributed by atoms with Gasteiger partial charge in [-0.1, -0.05) is 11.6 Å². The molecule has 1 aliphatic rings. The molecule has 0 unspecified atom stereocenters. The van der Waals surface area contributed by atoms with Crippen molar-refractivity contribution in [3.8, 4) is 11.5 Å². The highest BCUT2D eigenvalue weighted by molar-refractivity contribution is 9.10. The van der Waals surface area contributed by atoms with E-state index in [1.165, 1.54) is 42.5 Å². The minimum Gasteiger partial charge on any atom is -0.490 e. The Morgan fingerprint density at radius 1 is 1.14 bits per heavy atom. The van der Waals surface area contributed by atoms with Crippen molar-refractivity contribution in [3.05, 3.63) is 56.4 Å². The molecule has 2 aromatic carbocycles. The minimum atomic E-state index is -4.21. The van der Waals surface area contributed by atoms with Crippen LogP contribution in [-0.2, 0) is 24.4 Å². The molecular weight excluding hydrogens is 586 g/mol. The molecule has 0 saturated carbocycles. The van der Waals surface area contributed by atoms with Gasteiger partial charge in [-0.25, -0.2) is 0 Å². The van der Waals surface area contributed by atoms with Crippen LogP contribution >= 0.6 is 39.3 Å². The molecule has 0 aromatic heterocycles. The van der Waals surface area contributed by atoms with Crippen molar-refractivity contribution in [2.75, 3.05) is 19.8 Å². The molecule has 1 aliphatic heterocycles. The molecule has 0 spiro atoms. The van der Waals surface area contributed by atoms with Crippen molar-refractivity contribution < 1.29 is 36.5 Å². The highest BCUT2D eigenvalue weighted by Crippen LogP contribution is 2.40. The molecule has 0 radical (unpaired) electrons. The summed E-state index contributed by atoms with van der Waals surface area (Å²) in [6.07, 6.45) is 1.43. The molecule has 9 nitrogen and oxygen atoms in total. The number of carbonyl (C=O) groups is 3. The van der Waals surface area contributed by atoms with Crippen molar-refractivity contribution in [2.45, 2.75) is 18.7 Å². The predicted molar refractivity (Wildman–Crippen MR) is 134 cm³/mol. The topological polar surface area (TPSA) is 116 Å². The Balaban J connectivity index is 1.91. The van der Waals surface area contributed by atoms with Crippen LogP contribution in [0.15, 0.2) is 50.7 Å². The zero-order valence-electron chi connectivity index (χ0n) is 18.4. The molecule has 2 amide bonds. The Kier molecular flexibility index (Phi) is 8.86. The normalized spacial score (nSPS) is 15.0. The molecule has 0 bridgehead atoms. The fourth-order valence-electron chi connectivity index (χ4n) is 2.90. The molecule has 186 valence electrons. The second-order valence-electron chi connectivity index (χ2n) is 6.83. The standard InChI is InChI=1S/C22H19BrClNO8S2/c1-3-31-17-10-13(11-18-21(27)25(22(28)34-18)12-19(26)32-4-2)9-16(23)20(17)33-35(29,30)15-7-5-14(24)6-8-15/h5-11H,3-4,12H2,1-2H3/b18-11-. The van der Waals surface area contributed by atoms with Gasteiger partial charge in [-0.15, -0.1) is 0 Å². The number of halogens is 2. The van der Waals surface area contributed by atoms with Gasteiger partial charge in [0.25, 0.3) is 11.1 Å². The highest BCUT2D eigenvalue weighted by Gasteiger charge is 2.36. The summed E-state index contributed by atoms with van der Waals surface area (Å²) in [5.74, 6) is -1.33. The summed E-state index contributed by atoms with van der Waals surface area (Å²) in [5, 5.41) is -0.233. The Morgan fingerprint density at radius 3 is 2.46 bits per heavy atom. The molecule has 1 saturated heterocycles. The summed E-state index contributed by atoms with van der Waals surface area (Å²) >= 11 is 9.79. The fourth-order valence-corrected chi connectivity index (χ4v) is 5.47. The molecule has 0 N–H and O–H groups in total. The van der Waals surface area contributed by atoms with Crippen LogP contribution in [0.2, 0.25) is 5.02 Å².